The van der Waals surface area contributed by atoms with Crippen LogP contribution in [0.4, 0.5) is 0 Å². The summed E-state index contributed by atoms with van der Waals surface area (Å²) in [6.07, 6.45) is 0. The Bertz CT molecular complexity index is 527. The molecule has 1 aliphatic rings. The lowest BCUT2D eigenvalue weighted by Gasteiger charge is -2.50. The highest BCUT2D eigenvalue weighted by Crippen LogP contribution is 2.33. The van der Waals surface area contributed by atoms with Crippen LogP contribution in [0.5, 0.6) is 0 Å². The van der Waals surface area contributed by atoms with Gasteiger partial charge in [-0.05, 0) is 31.5 Å². The van der Waals surface area contributed by atoms with E-state index in [0.717, 1.165) is 5.56 Å². The van der Waals surface area contributed by atoms with Crippen LogP contribution >= 0.6 is 0 Å². The Morgan fingerprint density at radius 2 is 2.10 bits per heavy atom. The van der Waals surface area contributed by atoms with Gasteiger partial charge >= 0.3 is 5.97 Å². The molecule has 1 atom stereocenters. The van der Waals surface area contributed by atoms with Gasteiger partial charge in [0.1, 0.15) is 6.61 Å². The van der Waals surface area contributed by atoms with E-state index in [9.17, 15) is 4.79 Å². The van der Waals surface area contributed by atoms with Gasteiger partial charge in [-0.2, -0.15) is 5.26 Å². The molecule has 0 saturated carbocycles. The second-order valence-corrected chi connectivity index (χ2v) is 5.45. The maximum atomic E-state index is 10.5. The largest absolute Gasteiger partial charge is 0.480 e. The highest BCUT2D eigenvalue weighted by atomic mass is 16.5. The molecule has 1 aromatic carbocycles. The van der Waals surface area contributed by atoms with Crippen molar-refractivity contribution in [2.24, 2.45) is 0 Å². The highest BCUT2D eigenvalue weighted by Gasteiger charge is 2.42. The molecule has 1 N–H and O–H groups in total. The molecule has 1 heterocycles. The third-order valence-electron chi connectivity index (χ3n) is 3.69. The third-order valence-corrected chi connectivity index (χ3v) is 3.69. The first-order valence-electron chi connectivity index (χ1n) is 6.53. The number of carbonyl (C=O) groups is 1. The number of hydrogen-bond donors (Lipinski definition) is 1. The number of carboxylic acid groups (broad SMARTS) is 1. The fourth-order valence-corrected chi connectivity index (χ4v) is 2.46. The second-order valence-electron chi connectivity index (χ2n) is 5.45. The first-order valence-corrected chi connectivity index (χ1v) is 6.53. The molecule has 0 aliphatic carbocycles. The first-order chi connectivity index (χ1) is 9.43. The molecule has 1 saturated heterocycles. The SMILES string of the molecule is CC(c1ccc(C#N)cc1)N1CC(C)(OCC(=O)O)C1. The maximum absolute atomic E-state index is 10.5. The Balaban J connectivity index is 1.91. The first kappa shape index (κ1) is 14.5. The van der Waals surface area contributed by atoms with Crippen LogP contribution in [-0.4, -0.2) is 41.3 Å². The van der Waals surface area contributed by atoms with Gasteiger partial charge in [0.05, 0.1) is 17.2 Å². The standard InChI is InChI=1S/C15H18N2O3/c1-11(13-5-3-12(7-16)4-6-13)17-9-15(2,10-17)20-8-14(18)19/h3-6,11H,8-10H2,1-2H3,(H,18,19). The van der Waals surface area contributed by atoms with Gasteiger partial charge < -0.3 is 9.84 Å². The Hall–Kier alpha value is -1.90. The van der Waals surface area contributed by atoms with Crippen molar-refractivity contribution in [2.45, 2.75) is 25.5 Å². The van der Waals surface area contributed by atoms with Crippen LogP contribution in [0, 0.1) is 11.3 Å². The van der Waals surface area contributed by atoms with Crippen molar-refractivity contribution < 1.29 is 14.6 Å². The summed E-state index contributed by atoms with van der Waals surface area (Å²) in [6.45, 7) is 5.19. The summed E-state index contributed by atoms with van der Waals surface area (Å²) >= 11 is 0. The quantitative estimate of drug-likeness (QED) is 0.886. The zero-order valence-electron chi connectivity index (χ0n) is 11.7. The van der Waals surface area contributed by atoms with Crippen molar-refractivity contribution in [1.82, 2.24) is 4.90 Å². The molecule has 106 valence electrons. The summed E-state index contributed by atoms with van der Waals surface area (Å²) in [6, 6.07) is 9.86. The van der Waals surface area contributed by atoms with E-state index < -0.39 is 5.97 Å². The third kappa shape index (κ3) is 3.16. The van der Waals surface area contributed by atoms with E-state index in [0.29, 0.717) is 18.7 Å². The molecule has 2 rings (SSSR count). The van der Waals surface area contributed by atoms with Crippen LogP contribution in [0.2, 0.25) is 0 Å². The summed E-state index contributed by atoms with van der Waals surface area (Å²) in [4.78, 5) is 12.7. The van der Waals surface area contributed by atoms with Gasteiger partial charge in [0.25, 0.3) is 0 Å². The van der Waals surface area contributed by atoms with Gasteiger partial charge in [0.15, 0.2) is 0 Å². The van der Waals surface area contributed by atoms with Crippen molar-refractivity contribution in [3.05, 3.63) is 35.4 Å². The lowest BCUT2D eigenvalue weighted by Crippen LogP contribution is -2.62. The zero-order chi connectivity index (χ0) is 14.8. The number of nitriles is 1. The minimum atomic E-state index is -0.940. The molecular weight excluding hydrogens is 256 g/mol. The van der Waals surface area contributed by atoms with Gasteiger partial charge in [-0.15, -0.1) is 0 Å². The number of hydrogen-bond acceptors (Lipinski definition) is 4. The van der Waals surface area contributed by atoms with E-state index >= 15 is 0 Å². The Labute approximate surface area is 118 Å². The van der Waals surface area contributed by atoms with Gasteiger partial charge in [0, 0.05) is 19.1 Å². The van der Waals surface area contributed by atoms with Crippen LogP contribution < -0.4 is 0 Å². The Morgan fingerprint density at radius 1 is 1.50 bits per heavy atom. The molecule has 0 spiro atoms. The molecular formula is C15H18N2O3. The van der Waals surface area contributed by atoms with Crippen LogP contribution in [0.1, 0.15) is 31.0 Å². The summed E-state index contributed by atoms with van der Waals surface area (Å²) in [7, 11) is 0. The number of carboxylic acids is 1. The van der Waals surface area contributed by atoms with Crippen LogP contribution in [0.3, 0.4) is 0 Å². The molecule has 5 heteroatoms. The minimum Gasteiger partial charge on any atom is -0.480 e. The lowest BCUT2D eigenvalue weighted by atomic mass is 9.92. The Kier molecular flexibility index (Phi) is 4.07. The number of likely N-dealkylation sites (tertiary alicyclic amines) is 1. The van der Waals surface area contributed by atoms with Crippen molar-refractivity contribution in [1.29, 1.82) is 5.26 Å². The van der Waals surface area contributed by atoms with Crippen molar-refractivity contribution >= 4 is 5.97 Å². The average molecular weight is 274 g/mol. The molecule has 1 aromatic rings. The number of ether oxygens (including phenoxy) is 1. The van der Waals surface area contributed by atoms with Crippen LogP contribution in [0.15, 0.2) is 24.3 Å². The van der Waals surface area contributed by atoms with Gasteiger partial charge in [-0.3, -0.25) is 4.90 Å². The molecule has 1 aliphatic heterocycles. The molecule has 1 fully saturated rings. The molecule has 20 heavy (non-hydrogen) atoms. The van der Waals surface area contributed by atoms with E-state index in [1.165, 1.54) is 0 Å². The fraction of sp³-hybridized carbons (Fsp3) is 0.467. The highest BCUT2D eigenvalue weighted by molar-refractivity contribution is 5.68. The van der Waals surface area contributed by atoms with E-state index in [4.69, 9.17) is 15.1 Å². The average Bonchev–Trinajstić information content (AvgIpc) is 2.41. The summed E-state index contributed by atoms with van der Waals surface area (Å²) in [5.74, 6) is -0.940. The summed E-state index contributed by atoms with van der Waals surface area (Å²) in [5, 5.41) is 17.4. The number of benzene rings is 1. The van der Waals surface area contributed by atoms with Crippen molar-refractivity contribution in [3.63, 3.8) is 0 Å². The summed E-state index contributed by atoms with van der Waals surface area (Å²) < 4.78 is 5.40. The normalized spacial score (nSPS) is 18.9. The second kappa shape index (κ2) is 5.61. The number of rotatable bonds is 5. The zero-order valence-corrected chi connectivity index (χ0v) is 11.7. The van der Waals surface area contributed by atoms with Gasteiger partial charge in [0.2, 0.25) is 0 Å². The predicted molar refractivity (Wildman–Crippen MR) is 73.1 cm³/mol. The topological polar surface area (TPSA) is 73.6 Å². The van der Waals surface area contributed by atoms with Crippen molar-refractivity contribution in [2.75, 3.05) is 19.7 Å². The summed E-state index contributed by atoms with van der Waals surface area (Å²) in [5.41, 5.74) is 1.42. The van der Waals surface area contributed by atoms with Crippen molar-refractivity contribution in [3.8, 4) is 6.07 Å². The van der Waals surface area contributed by atoms with E-state index in [1.807, 2.05) is 31.2 Å². The molecule has 0 bridgehead atoms. The molecule has 0 amide bonds. The van der Waals surface area contributed by atoms with Crippen LogP contribution in [0.25, 0.3) is 0 Å². The predicted octanol–water partition coefficient (Wildman–Crippen LogP) is 1.79. The van der Waals surface area contributed by atoms with Gasteiger partial charge in [-0.25, -0.2) is 4.79 Å². The van der Waals surface area contributed by atoms with E-state index in [2.05, 4.69) is 17.9 Å². The molecule has 0 aromatic heterocycles. The van der Waals surface area contributed by atoms with Gasteiger partial charge in [-0.1, -0.05) is 12.1 Å². The fourth-order valence-electron chi connectivity index (χ4n) is 2.46. The Morgan fingerprint density at radius 3 is 2.60 bits per heavy atom. The number of nitrogens with zero attached hydrogens (tertiary/aromatic N) is 2. The monoisotopic (exact) mass is 274 g/mol. The number of aliphatic carboxylic acids is 1. The minimum absolute atomic E-state index is 0.226. The molecule has 5 nitrogen and oxygen atoms in total. The van der Waals surface area contributed by atoms with Crippen LogP contribution in [-0.2, 0) is 9.53 Å². The molecule has 1 unspecified atom stereocenters. The van der Waals surface area contributed by atoms with E-state index in [1.54, 1.807) is 0 Å². The maximum Gasteiger partial charge on any atom is 0.329 e. The lowest BCUT2D eigenvalue weighted by molar-refractivity contribution is -0.169. The van der Waals surface area contributed by atoms with E-state index in [-0.39, 0.29) is 18.2 Å². The smallest absolute Gasteiger partial charge is 0.329 e. The molecule has 0 radical (unpaired) electrons.